The Kier molecular flexibility index (Phi) is 11.0. The van der Waals surface area contributed by atoms with Gasteiger partial charge in [-0.05, 0) is 6.16 Å². The van der Waals surface area contributed by atoms with Gasteiger partial charge in [0.25, 0.3) is 0 Å². The first kappa shape index (κ1) is 16.3. The quantitative estimate of drug-likeness (QED) is 0.229. The van der Waals surface area contributed by atoms with Gasteiger partial charge in [-0.3, -0.25) is 8.42 Å². The molecule has 0 bridgehead atoms. The molecule has 0 aliphatic carbocycles. The summed E-state index contributed by atoms with van der Waals surface area (Å²) in [5, 5.41) is 16.7. The van der Waals surface area contributed by atoms with Crippen LogP contribution in [0.5, 0.6) is 0 Å². The Hall–Kier alpha value is -0.366. The molecule has 0 N–H and O–H groups in total. The molecule has 0 aromatic heterocycles. The third kappa shape index (κ3) is 2500. The molecule has 0 aromatic carbocycles. The minimum atomic E-state index is -5.17. The molecule has 0 fully saturated rings. The maximum Gasteiger partial charge on any atom is 0.0311 e. The van der Waals surface area contributed by atoms with E-state index in [9.17, 15) is 0 Å². The van der Waals surface area contributed by atoms with Crippen molar-refractivity contribution in [3.05, 3.63) is 0 Å². The van der Waals surface area contributed by atoms with E-state index >= 15 is 0 Å². The Bertz CT molecular complexity index is 156. The fourth-order valence-electron chi connectivity index (χ4n) is 0. The molecular weight excluding hydrogens is 215 g/mol. The predicted octanol–water partition coefficient (Wildman–Crippen LogP) is -3.79. The molecule has 0 saturated carbocycles. The Labute approximate surface area is 66.2 Å². The summed E-state index contributed by atoms with van der Waals surface area (Å²) in [6.45, 7) is 0. The molecule has 0 unspecified atom stereocenters. The van der Waals surface area contributed by atoms with Crippen LogP contribution in [0.15, 0.2) is 0 Å². The largest absolute Gasteiger partial charge is 0.759 e. The topological polar surface area (TPSA) is 143 Å². The first-order valence-electron chi connectivity index (χ1n) is 1.28. The molecular formula is CNiO7S-4. The van der Waals surface area contributed by atoms with Gasteiger partial charge in [0.15, 0.2) is 0 Å². The second-order valence-electron chi connectivity index (χ2n) is 0.658. The van der Waals surface area contributed by atoms with Gasteiger partial charge in [0.05, 0.1) is 0 Å². The first-order chi connectivity index (χ1) is 3.73. The smallest absolute Gasteiger partial charge is 0.0311 e. The van der Waals surface area contributed by atoms with Crippen LogP contribution in [0, 0.1) is 0 Å². The minimum absolute atomic E-state index is 0. The molecule has 0 radical (unpaired) electrons. The molecule has 7 nitrogen and oxygen atoms in total. The van der Waals surface area contributed by atoms with Crippen molar-refractivity contribution in [2.24, 2.45) is 0 Å². The number of carbonyl (C=O) groups excluding carboxylic acids is 1. The van der Waals surface area contributed by atoms with Crippen molar-refractivity contribution in [3.8, 4) is 0 Å². The van der Waals surface area contributed by atoms with E-state index in [0.717, 1.165) is 0 Å². The maximum atomic E-state index is 8.52. The molecule has 0 atom stereocenters. The van der Waals surface area contributed by atoms with Crippen LogP contribution < -0.4 is 10.2 Å². The third-order valence-electron chi connectivity index (χ3n) is 0. The van der Waals surface area contributed by atoms with Crippen LogP contribution in [0.1, 0.15) is 0 Å². The molecule has 0 amide bonds. The van der Waals surface area contributed by atoms with Crippen molar-refractivity contribution >= 4 is 16.6 Å². The number of hydrogen-bond donors (Lipinski definition) is 0. The van der Waals surface area contributed by atoms with E-state index in [1.54, 1.807) is 0 Å². The molecule has 0 saturated heterocycles. The van der Waals surface area contributed by atoms with E-state index in [0.29, 0.717) is 0 Å². The Morgan fingerprint density at radius 3 is 1.10 bits per heavy atom. The monoisotopic (exact) mass is 214 g/mol. The van der Waals surface area contributed by atoms with Crippen molar-refractivity contribution in [2.45, 2.75) is 0 Å². The zero-order valence-corrected chi connectivity index (χ0v) is 5.89. The summed E-state index contributed by atoms with van der Waals surface area (Å²) in [6, 6.07) is 0. The van der Waals surface area contributed by atoms with Crippen LogP contribution in [0.4, 0.5) is 4.79 Å². The predicted molar refractivity (Wildman–Crippen MR) is 15.9 cm³/mol. The van der Waals surface area contributed by atoms with Crippen molar-refractivity contribution in [1.29, 1.82) is 0 Å². The normalized spacial score (nSPS) is 8.20. The molecule has 66 valence electrons. The summed E-state index contributed by atoms with van der Waals surface area (Å²) < 4.78 is 34.1. The summed E-state index contributed by atoms with van der Waals surface area (Å²) in [6.07, 6.45) is -2.33. The molecule has 0 spiro atoms. The van der Waals surface area contributed by atoms with Crippen molar-refractivity contribution < 1.29 is 49.0 Å². The zero-order valence-electron chi connectivity index (χ0n) is 4.08. The molecule has 9 heteroatoms. The van der Waals surface area contributed by atoms with Gasteiger partial charge in [-0.25, -0.2) is 0 Å². The van der Waals surface area contributed by atoms with Crippen LogP contribution in [-0.4, -0.2) is 23.7 Å². The molecule has 0 aromatic rings. The second-order valence-corrected chi connectivity index (χ2v) is 1.47. The van der Waals surface area contributed by atoms with E-state index in [1.807, 2.05) is 0 Å². The van der Waals surface area contributed by atoms with Crippen molar-refractivity contribution in [2.75, 3.05) is 0 Å². The molecule has 0 aliphatic heterocycles. The van der Waals surface area contributed by atoms with E-state index in [4.69, 9.17) is 32.5 Å². The molecule has 0 heterocycles. The van der Waals surface area contributed by atoms with Crippen LogP contribution in [0.25, 0.3) is 0 Å². The standard InChI is InChI=1S/CH2O3.Ni.H2O4S/c2-1(3)4;;1-5(2,3)4/h(H2,2,3,4);;(H2,1,2,3,4)/p-4. The van der Waals surface area contributed by atoms with Gasteiger partial charge in [-0.15, -0.1) is 0 Å². The van der Waals surface area contributed by atoms with Crippen molar-refractivity contribution in [1.82, 2.24) is 0 Å². The second kappa shape index (κ2) is 6.75. The van der Waals surface area contributed by atoms with Crippen LogP contribution in [0.3, 0.4) is 0 Å². The van der Waals surface area contributed by atoms with Gasteiger partial charge in [0, 0.05) is 26.9 Å². The van der Waals surface area contributed by atoms with Crippen molar-refractivity contribution in [3.63, 3.8) is 0 Å². The van der Waals surface area contributed by atoms with Gasteiger partial charge in [-0.1, -0.05) is 0 Å². The average molecular weight is 215 g/mol. The number of rotatable bonds is 0. The maximum absolute atomic E-state index is 8.52. The third-order valence-corrected chi connectivity index (χ3v) is 0. The minimum Gasteiger partial charge on any atom is -0.759 e. The summed E-state index contributed by atoms with van der Waals surface area (Å²) >= 11 is 0. The van der Waals surface area contributed by atoms with E-state index in [2.05, 4.69) is 0 Å². The Morgan fingerprint density at radius 2 is 1.10 bits per heavy atom. The Balaban J connectivity index is -0.0000000910. The zero-order chi connectivity index (χ0) is 8.08. The van der Waals surface area contributed by atoms with Crippen LogP contribution in [-0.2, 0) is 26.9 Å². The average Bonchev–Trinajstić information content (AvgIpc) is 1.19. The number of hydrogen-bond acceptors (Lipinski definition) is 7. The van der Waals surface area contributed by atoms with Gasteiger partial charge >= 0.3 is 0 Å². The van der Waals surface area contributed by atoms with Gasteiger partial charge in [0.2, 0.25) is 0 Å². The number of carbonyl (C=O) groups is 1. The van der Waals surface area contributed by atoms with Gasteiger partial charge in [-0.2, -0.15) is 0 Å². The summed E-state index contributed by atoms with van der Waals surface area (Å²) in [5.41, 5.74) is 0. The fourth-order valence-corrected chi connectivity index (χ4v) is 0. The van der Waals surface area contributed by atoms with E-state index < -0.39 is 16.6 Å². The van der Waals surface area contributed by atoms with Crippen LogP contribution in [0.2, 0.25) is 0 Å². The van der Waals surface area contributed by atoms with Gasteiger partial charge < -0.3 is 24.1 Å². The molecule has 10 heavy (non-hydrogen) atoms. The fraction of sp³-hybridized carbons (Fsp3) is 0. The molecule has 0 rings (SSSR count). The summed E-state index contributed by atoms with van der Waals surface area (Å²) in [7, 11) is -5.17. The van der Waals surface area contributed by atoms with Gasteiger partial charge in [0.1, 0.15) is 0 Å². The van der Waals surface area contributed by atoms with E-state index in [1.165, 1.54) is 0 Å². The summed E-state index contributed by atoms with van der Waals surface area (Å²) in [4.78, 5) is 8.33. The first-order valence-corrected chi connectivity index (χ1v) is 2.61. The summed E-state index contributed by atoms with van der Waals surface area (Å²) in [5.74, 6) is 0. The number of carboxylic acid groups (broad SMARTS) is 2. The molecule has 0 aliphatic rings. The van der Waals surface area contributed by atoms with Crippen LogP contribution >= 0.6 is 0 Å². The SMILES string of the molecule is O=C([O-])[O-].O=S(=O)([O-])[O-].[Ni]. The Morgan fingerprint density at radius 1 is 1.10 bits per heavy atom. The van der Waals surface area contributed by atoms with E-state index in [-0.39, 0.29) is 16.5 Å².